The second kappa shape index (κ2) is 5.95. The summed E-state index contributed by atoms with van der Waals surface area (Å²) in [6.45, 7) is 1.08. The Morgan fingerprint density at radius 2 is 2.18 bits per heavy atom. The van der Waals surface area contributed by atoms with Crippen molar-refractivity contribution in [2.24, 2.45) is 5.73 Å². The Morgan fingerprint density at radius 1 is 1.47 bits per heavy atom. The van der Waals surface area contributed by atoms with Crippen LogP contribution >= 0.6 is 0 Å². The zero-order valence-electron chi connectivity index (χ0n) is 9.85. The van der Waals surface area contributed by atoms with Crippen LogP contribution in [-0.4, -0.2) is 67.4 Å². The lowest BCUT2D eigenvalue weighted by Gasteiger charge is -2.20. The van der Waals surface area contributed by atoms with Crippen LogP contribution in [0.4, 0.5) is 0 Å². The second-order valence-corrected chi connectivity index (χ2v) is 4.07. The van der Waals surface area contributed by atoms with Crippen molar-refractivity contribution in [3.8, 4) is 0 Å². The third kappa shape index (κ3) is 3.65. The molecule has 1 atom stereocenters. The minimum absolute atomic E-state index is 0.0365. The summed E-state index contributed by atoms with van der Waals surface area (Å²) in [6.07, 6.45) is 0.270. The molecule has 0 aromatic rings. The van der Waals surface area contributed by atoms with E-state index in [-0.39, 0.29) is 25.5 Å². The largest absolute Gasteiger partial charge is 0.480 e. The Morgan fingerprint density at radius 3 is 2.71 bits per heavy atom. The first-order valence-corrected chi connectivity index (χ1v) is 5.36. The Kier molecular flexibility index (Phi) is 4.86. The molecule has 0 spiro atoms. The first-order chi connectivity index (χ1) is 7.99. The fraction of sp³-hybridized carbons (Fsp3) is 0.800. The van der Waals surface area contributed by atoms with Crippen molar-refractivity contribution in [3.05, 3.63) is 0 Å². The summed E-state index contributed by atoms with van der Waals surface area (Å²) < 4.78 is 9.84. The highest BCUT2D eigenvalue weighted by Crippen LogP contribution is 2.18. The average Bonchev–Trinajstić information content (AvgIpc) is 2.69. The highest BCUT2D eigenvalue weighted by molar-refractivity contribution is 5.83. The lowest BCUT2D eigenvalue weighted by Crippen LogP contribution is -2.51. The highest BCUT2D eigenvalue weighted by Gasteiger charge is 2.42. The van der Waals surface area contributed by atoms with Gasteiger partial charge in [-0.05, 0) is 6.42 Å². The second-order valence-electron chi connectivity index (χ2n) is 4.07. The third-order valence-corrected chi connectivity index (χ3v) is 2.74. The Balaban J connectivity index is 2.33. The molecule has 1 fully saturated rings. The third-order valence-electron chi connectivity index (χ3n) is 2.74. The quantitative estimate of drug-likeness (QED) is 0.563. The lowest BCUT2D eigenvalue weighted by atomic mass is 10.0. The van der Waals surface area contributed by atoms with Crippen LogP contribution in [0.3, 0.4) is 0 Å². The van der Waals surface area contributed by atoms with Gasteiger partial charge in [0.2, 0.25) is 5.91 Å². The number of nitrogens with two attached hydrogens (primary N) is 1. The molecular weight excluding hydrogens is 228 g/mol. The van der Waals surface area contributed by atoms with Gasteiger partial charge in [-0.25, -0.2) is 0 Å². The molecule has 1 aliphatic rings. The molecule has 1 heterocycles. The van der Waals surface area contributed by atoms with E-state index in [1.54, 1.807) is 7.11 Å². The van der Waals surface area contributed by atoms with E-state index in [0.717, 1.165) is 0 Å². The Bertz CT molecular complexity index is 296. The van der Waals surface area contributed by atoms with Crippen molar-refractivity contribution in [1.29, 1.82) is 0 Å². The van der Waals surface area contributed by atoms with Gasteiger partial charge >= 0.3 is 5.97 Å². The van der Waals surface area contributed by atoms with Crippen LogP contribution < -0.4 is 5.73 Å². The number of amides is 1. The molecular formula is C10H18N2O5. The lowest BCUT2D eigenvalue weighted by molar-refractivity contribution is -0.143. The van der Waals surface area contributed by atoms with E-state index in [2.05, 4.69) is 0 Å². The van der Waals surface area contributed by atoms with E-state index in [9.17, 15) is 9.59 Å². The molecule has 0 aromatic carbocycles. The molecule has 7 heteroatoms. The fourth-order valence-electron chi connectivity index (χ4n) is 1.61. The number of carbonyl (C=O) groups is 2. The van der Waals surface area contributed by atoms with Gasteiger partial charge in [0.05, 0.1) is 13.2 Å². The van der Waals surface area contributed by atoms with Gasteiger partial charge in [-0.3, -0.25) is 9.59 Å². The maximum absolute atomic E-state index is 11.6. The number of carbonyl (C=O) groups excluding carboxylic acids is 1. The SMILES string of the molecule is COCCOCC(=O)N1CCC(N)(C(=O)O)C1. The van der Waals surface area contributed by atoms with Gasteiger partial charge in [-0.15, -0.1) is 0 Å². The standard InChI is InChI=1S/C10H18N2O5/c1-16-4-5-17-6-8(13)12-3-2-10(11,7-12)9(14)15/h2-7,11H2,1H3,(H,14,15). The molecule has 1 amide bonds. The number of hydrogen-bond donors (Lipinski definition) is 2. The summed E-state index contributed by atoms with van der Waals surface area (Å²) in [5, 5.41) is 8.91. The van der Waals surface area contributed by atoms with Crippen molar-refractivity contribution >= 4 is 11.9 Å². The Hall–Kier alpha value is -1.18. The highest BCUT2D eigenvalue weighted by atomic mass is 16.5. The molecule has 17 heavy (non-hydrogen) atoms. The minimum Gasteiger partial charge on any atom is -0.480 e. The normalized spacial score (nSPS) is 24.0. The predicted octanol–water partition coefficient (Wildman–Crippen LogP) is -1.34. The van der Waals surface area contributed by atoms with E-state index >= 15 is 0 Å². The van der Waals surface area contributed by atoms with Gasteiger partial charge < -0.3 is 25.2 Å². The van der Waals surface area contributed by atoms with Crippen LogP contribution in [0.2, 0.25) is 0 Å². The van der Waals surface area contributed by atoms with Crippen LogP contribution in [0.5, 0.6) is 0 Å². The van der Waals surface area contributed by atoms with Gasteiger partial charge in [0.15, 0.2) is 0 Å². The summed E-state index contributed by atoms with van der Waals surface area (Å²) in [5.74, 6) is -1.32. The number of hydrogen-bond acceptors (Lipinski definition) is 5. The van der Waals surface area contributed by atoms with Crippen molar-refractivity contribution in [3.63, 3.8) is 0 Å². The molecule has 0 radical (unpaired) electrons. The summed E-state index contributed by atoms with van der Waals surface area (Å²) in [4.78, 5) is 23.9. The number of likely N-dealkylation sites (tertiary alicyclic amines) is 1. The maximum Gasteiger partial charge on any atom is 0.325 e. The average molecular weight is 246 g/mol. The summed E-state index contributed by atoms with van der Waals surface area (Å²) in [7, 11) is 1.54. The van der Waals surface area contributed by atoms with Gasteiger partial charge in [0.25, 0.3) is 0 Å². The molecule has 0 aliphatic carbocycles. The first kappa shape index (κ1) is 13.9. The zero-order chi connectivity index (χ0) is 12.9. The summed E-state index contributed by atoms with van der Waals surface area (Å²) in [5.41, 5.74) is 4.33. The molecule has 0 saturated carbocycles. The first-order valence-electron chi connectivity index (χ1n) is 5.36. The number of nitrogens with zero attached hydrogens (tertiary/aromatic N) is 1. The van der Waals surface area contributed by atoms with Crippen LogP contribution in [-0.2, 0) is 19.1 Å². The van der Waals surface area contributed by atoms with Crippen molar-refractivity contribution in [1.82, 2.24) is 4.90 Å². The van der Waals surface area contributed by atoms with Crippen LogP contribution in [0, 0.1) is 0 Å². The number of carboxylic acids is 1. The number of ether oxygens (including phenoxy) is 2. The summed E-state index contributed by atoms with van der Waals surface area (Å²) >= 11 is 0. The predicted molar refractivity (Wildman–Crippen MR) is 58.4 cm³/mol. The molecule has 1 aliphatic heterocycles. The van der Waals surface area contributed by atoms with Crippen molar-refractivity contribution in [2.75, 3.05) is 40.0 Å². The van der Waals surface area contributed by atoms with E-state index in [1.807, 2.05) is 0 Å². The molecule has 1 rings (SSSR count). The van der Waals surface area contributed by atoms with Crippen LogP contribution in [0.15, 0.2) is 0 Å². The number of carboxylic acid groups (broad SMARTS) is 1. The molecule has 3 N–H and O–H groups in total. The zero-order valence-corrected chi connectivity index (χ0v) is 9.85. The smallest absolute Gasteiger partial charge is 0.325 e. The molecule has 1 unspecified atom stereocenters. The molecule has 0 bridgehead atoms. The van der Waals surface area contributed by atoms with Crippen molar-refractivity contribution in [2.45, 2.75) is 12.0 Å². The van der Waals surface area contributed by atoms with E-state index in [0.29, 0.717) is 19.8 Å². The van der Waals surface area contributed by atoms with E-state index in [4.69, 9.17) is 20.3 Å². The van der Waals surface area contributed by atoms with Crippen molar-refractivity contribution < 1.29 is 24.2 Å². The van der Waals surface area contributed by atoms with E-state index < -0.39 is 11.5 Å². The van der Waals surface area contributed by atoms with Crippen LogP contribution in [0.1, 0.15) is 6.42 Å². The molecule has 7 nitrogen and oxygen atoms in total. The minimum atomic E-state index is -1.32. The number of methoxy groups -OCH3 is 1. The monoisotopic (exact) mass is 246 g/mol. The van der Waals surface area contributed by atoms with Crippen LogP contribution in [0.25, 0.3) is 0 Å². The van der Waals surface area contributed by atoms with Gasteiger partial charge in [-0.1, -0.05) is 0 Å². The topological polar surface area (TPSA) is 102 Å². The maximum atomic E-state index is 11.6. The number of aliphatic carboxylic acids is 1. The Labute approximate surface area is 99.5 Å². The fourth-order valence-corrected chi connectivity index (χ4v) is 1.61. The van der Waals surface area contributed by atoms with Gasteiger partial charge in [0.1, 0.15) is 12.1 Å². The molecule has 1 saturated heterocycles. The van der Waals surface area contributed by atoms with Gasteiger partial charge in [0, 0.05) is 20.2 Å². The number of rotatable bonds is 6. The molecule has 98 valence electrons. The molecule has 0 aromatic heterocycles. The van der Waals surface area contributed by atoms with E-state index in [1.165, 1.54) is 4.90 Å². The summed E-state index contributed by atoms with van der Waals surface area (Å²) in [6, 6.07) is 0. The van der Waals surface area contributed by atoms with Gasteiger partial charge in [-0.2, -0.15) is 0 Å².